The first-order valence-electron chi connectivity index (χ1n) is 14.3. The molecule has 3 N–H and O–H groups in total. The van der Waals surface area contributed by atoms with Gasteiger partial charge >= 0.3 is 0 Å². The summed E-state index contributed by atoms with van der Waals surface area (Å²) in [6.45, 7) is 3.98. The van der Waals surface area contributed by atoms with Gasteiger partial charge in [0.25, 0.3) is 11.8 Å². The summed E-state index contributed by atoms with van der Waals surface area (Å²) in [4.78, 5) is 45.1. The van der Waals surface area contributed by atoms with Crippen LogP contribution in [0.2, 0.25) is 0 Å². The number of carbonyl (C=O) groups is 3. The van der Waals surface area contributed by atoms with Crippen LogP contribution in [-0.4, -0.2) is 35.1 Å². The molecule has 10 heteroatoms. The molecule has 0 aliphatic rings. The first kappa shape index (κ1) is 31.5. The van der Waals surface area contributed by atoms with E-state index in [9.17, 15) is 14.4 Å². The molecule has 5 rings (SSSR count). The predicted octanol–water partition coefficient (Wildman–Crippen LogP) is 7.53. The lowest BCUT2D eigenvalue weighted by Crippen LogP contribution is -2.30. The number of aryl methyl sites for hydroxylation is 1. The topological polar surface area (TPSA) is 109 Å². The Bertz CT molecular complexity index is 1870. The number of benzene rings is 4. The number of carbonyl (C=O) groups excluding carboxylic acids is 3. The third kappa shape index (κ3) is 8.17. The van der Waals surface area contributed by atoms with E-state index < -0.39 is 11.8 Å². The van der Waals surface area contributed by atoms with E-state index in [4.69, 9.17) is 4.74 Å². The first-order chi connectivity index (χ1) is 21.8. The van der Waals surface area contributed by atoms with Gasteiger partial charge in [-0.15, -0.1) is 11.8 Å². The first-order valence-corrected chi connectivity index (χ1v) is 16.0. The van der Waals surface area contributed by atoms with Crippen molar-refractivity contribution in [1.82, 2.24) is 10.3 Å². The SMILES string of the molecule is CCC(Sc1cccc(NC(=O)/C(=C\c2ccccc2OC)NC(=O)c2ccccc2)c1)C(=O)Nc1nc2ccc(C)cc2s1. The summed E-state index contributed by atoms with van der Waals surface area (Å²) in [5, 5.41) is 8.79. The monoisotopic (exact) mass is 636 g/mol. The molecule has 0 spiro atoms. The summed E-state index contributed by atoms with van der Waals surface area (Å²) in [7, 11) is 1.54. The number of methoxy groups -OCH3 is 1. The lowest BCUT2D eigenvalue weighted by molar-refractivity contribution is -0.116. The molecule has 0 bridgehead atoms. The Morgan fingerprint density at radius 1 is 0.933 bits per heavy atom. The van der Waals surface area contributed by atoms with Gasteiger partial charge in [0.2, 0.25) is 5.91 Å². The maximum absolute atomic E-state index is 13.6. The third-order valence-electron chi connectivity index (χ3n) is 6.78. The smallest absolute Gasteiger partial charge is 0.272 e. The summed E-state index contributed by atoms with van der Waals surface area (Å²) >= 11 is 2.85. The molecule has 8 nitrogen and oxygen atoms in total. The zero-order valence-corrected chi connectivity index (χ0v) is 26.6. The molecule has 1 atom stereocenters. The van der Waals surface area contributed by atoms with Gasteiger partial charge < -0.3 is 20.7 Å². The zero-order valence-electron chi connectivity index (χ0n) is 25.0. The largest absolute Gasteiger partial charge is 0.496 e. The van der Waals surface area contributed by atoms with Crippen LogP contribution in [0.5, 0.6) is 5.75 Å². The lowest BCUT2D eigenvalue weighted by atomic mass is 10.1. The van der Waals surface area contributed by atoms with Crippen molar-refractivity contribution in [3.63, 3.8) is 0 Å². The fourth-order valence-electron chi connectivity index (χ4n) is 4.49. The van der Waals surface area contributed by atoms with Crippen molar-refractivity contribution in [3.05, 3.63) is 119 Å². The molecule has 0 aliphatic heterocycles. The number of rotatable bonds is 11. The molecular weight excluding hydrogens is 605 g/mol. The van der Waals surface area contributed by atoms with Crippen LogP contribution in [0.25, 0.3) is 16.3 Å². The lowest BCUT2D eigenvalue weighted by Gasteiger charge is -2.15. The van der Waals surface area contributed by atoms with Gasteiger partial charge in [-0.05, 0) is 73.5 Å². The van der Waals surface area contributed by atoms with Crippen LogP contribution in [0.15, 0.2) is 108 Å². The number of para-hydroxylation sites is 1. The van der Waals surface area contributed by atoms with Gasteiger partial charge in [0.1, 0.15) is 11.4 Å². The van der Waals surface area contributed by atoms with Crippen molar-refractivity contribution >= 4 is 67.9 Å². The molecule has 5 aromatic rings. The van der Waals surface area contributed by atoms with Crippen LogP contribution < -0.4 is 20.7 Å². The van der Waals surface area contributed by atoms with Crippen molar-refractivity contribution < 1.29 is 19.1 Å². The summed E-state index contributed by atoms with van der Waals surface area (Å²) in [6.07, 6.45) is 2.17. The summed E-state index contributed by atoms with van der Waals surface area (Å²) < 4.78 is 6.47. The molecule has 1 aromatic heterocycles. The number of ether oxygens (including phenoxy) is 1. The number of thiazole rings is 1. The second kappa shape index (κ2) is 14.7. The van der Waals surface area contributed by atoms with E-state index >= 15 is 0 Å². The number of amides is 3. The standard InChI is InChI=1S/C35H32N4O4S2/c1-4-30(34(42)39-35-38-27-18-17-22(2)19-31(27)45-35)44-26-15-10-14-25(21-26)36-33(41)28(20-24-13-8-9-16-29(24)43-3)37-32(40)23-11-6-5-7-12-23/h5-21,30H,4H2,1-3H3,(H,36,41)(H,37,40)(H,38,39,42)/b28-20+. The van der Waals surface area contributed by atoms with Crippen molar-refractivity contribution in [1.29, 1.82) is 0 Å². The Hall–Kier alpha value is -4.93. The van der Waals surface area contributed by atoms with Crippen LogP contribution in [0.3, 0.4) is 0 Å². The second-order valence-electron chi connectivity index (χ2n) is 10.1. The molecule has 0 aliphatic carbocycles. The fraction of sp³-hybridized carbons (Fsp3) is 0.143. The minimum Gasteiger partial charge on any atom is -0.496 e. The van der Waals surface area contributed by atoms with Gasteiger partial charge in [-0.2, -0.15) is 0 Å². The number of thioether (sulfide) groups is 1. The average molecular weight is 637 g/mol. The summed E-state index contributed by atoms with van der Waals surface area (Å²) in [5.41, 5.74) is 3.59. The van der Waals surface area contributed by atoms with Crippen molar-refractivity contribution in [3.8, 4) is 5.75 Å². The molecule has 0 fully saturated rings. The predicted molar refractivity (Wildman–Crippen MR) is 183 cm³/mol. The number of anilines is 2. The Morgan fingerprint density at radius 3 is 2.49 bits per heavy atom. The van der Waals surface area contributed by atoms with Crippen molar-refractivity contribution in [2.24, 2.45) is 0 Å². The quantitative estimate of drug-likeness (QED) is 0.102. The van der Waals surface area contributed by atoms with Crippen LogP contribution in [-0.2, 0) is 9.59 Å². The zero-order chi connectivity index (χ0) is 31.8. The van der Waals surface area contributed by atoms with Crippen molar-refractivity contribution in [2.45, 2.75) is 30.4 Å². The Kier molecular flexibility index (Phi) is 10.3. The Balaban J connectivity index is 1.31. The number of nitrogens with one attached hydrogen (secondary N) is 3. The summed E-state index contributed by atoms with van der Waals surface area (Å²) in [5.74, 6) is -0.516. The molecule has 0 saturated carbocycles. The van der Waals surface area contributed by atoms with Crippen LogP contribution >= 0.6 is 23.1 Å². The molecule has 1 unspecified atom stereocenters. The van der Waals surface area contributed by atoms with E-state index in [-0.39, 0.29) is 16.9 Å². The number of hydrogen-bond acceptors (Lipinski definition) is 7. The highest BCUT2D eigenvalue weighted by molar-refractivity contribution is 8.00. The molecule has 45 heavy (non-hydrogen) atoms. The number of fused-ring (bicyclic) bond motifs is 1. The minimum absolute atomic E-state index is 0.0447. The number of aromatic nitrogens is 1. The summed E-state index contributed by atoms with van der Waals surface area (Å²) in [6, 6.07) is 29.2. The highest BCUT2D eigenvalue weighted by atomic mass is 32.2. The van der Waals surface area contributed by atoms with Crippen LogP contribution in [0.4, 0.5) is 10.8 Å². The van der Waals surface area contributed by atoms with E-state index in [2.05, 4.69) is 27.0 Å². The third-order valence-corrected chi connectivity index (χ3v) is 9.07. The van der Waals surface area contributed by atoms with Gasteiger partial charge in [0, 0.05) is 21.7 Å². The van der Waals surface area contributed by atoms with Gasteiger partial charge in [-0.25, -0.2) is 4.98 Å². The molecule has 4 aromatic carbocycles. The van der Waals surface area contributed by atoms with Gasteiger partial charge in [-0.3, -0.25) is 14.4 Å². The number of hydrogen-bond donors (Lipinski definition) is 3. The molecule has 0 radical (unpaired) electrons. The molecule has 3 amide bonds. The van der Waals surface area contributed by atoms with Crippen LogP contribution in [0, 0.1) is 6.92 Å². The van der Waals surface area contributed by atoms with Crippen molar-refractivity contribution in [2.75, 3.05) is 17.7 Å². The van der Waals surface area contributed by atoms with Gasteiger partial charge in [0.05, 0.1) is 22.6 Å². The Labute approximate surface area is 269 Å². The maximum atomic E-state index is 13.6. The van der Waals surface area contributed by atoms with E-state index in [1.807, 2.05) is 56.3 Å². The van der Waals surface area contributed by atoms with E-state index in [0.717, 1.165) is 20.7 Å². The fourth-order valence-corrected chi connectivity index (χ4v) is 6.47. The molecule has 228 valence electrons. The van der Waals surface area contributed by atoms with E-state index in [1.54, 1.807) is 61.7 Å². The second-order valence-corrected chi connectivity index (χ2v) is 12.4. The highest BCUT2D eigenvalue weighted by Gasteiger charge is 2.21. The van der Waals surface area contributed by atoms with Crippen LogP contribution in [0.1, 0.15) is 34.8 Å². The van der Waals surface area contributed by atoms with Gasteiger partial charge in [-0.1, -0.05) is 66.8 Å². The molecule has 0 saturated heterocycles. The minimum atomic E-state index is -0.511. The highest BCUT2D eigenvalue weighted by Crippen LogP contribution is 2.31. The molecule has 1 heterocycles. The number of nitrogens with zero attached hydrogens (tertiary/aromatic N) is 1. The molecular formula is C35H32N4O4S2. The van der Waals surface area contributed by atoms with E-state index in [1.165, 1.54) is 23.1 Å². The normalized spacial score (nSPS) is 11.9. The maximum Gasteiger partial charge on any atom is 0.272 e. The van der Waals surface area contributed by atoms with Gasteiger partial charge in [0.15, 0.2) is 5.13 Å². The average Bonchev–Trinajstić information content (AvgIpc) is 3.45. The Morgan fingerprint density at radius 2 is 1.71 bits per heavy atom. The van der Waals surface area contributed by atoms with E-state index in [0.29, 0.717) is 34.1 Å².